The van der Waals surface area contributed by atoms with Gasteiger partial charge in [0.05, 0.1) is 0 Å². The van der Waals surface area contributed by atoms with Gasteiger partial charge in [0.15, 0.2) is 0 Å². The van der Waals surface area contributed by atoms with Crippen molar-refractivity contribution in [2.45, 2.75) is 51.9 Å². The first kappa shape index (κ1) is 16.0. The van der Waals surface area contributed by atoms with Crippen LogP contribution in [0, 0.1) is 0 Å². The number of aromatic hydroxyl groups is 1. The van der Waals surface area contributed by atoms with Gasteiger partial charge in [0.2, 0.25) is 0 Å². The van der Waals surface area contributed by atoms with Crippen molar-refractivity contribution in [3.05, 3.63) is 29.8 Å². The van der Waals surface area contributed by atoms with Crippen LogP contribution < -0.4 is 0 Å². The van der Waals surface area contributed by atoms with Gasteiger partial charge in [0.25, 0.3) is 0 Å². The third kappa shape index (κ3) is 6.57. The van der Waals surface area contributed by atoms with Crippen molar-refractivity contribution in [2.24, 2.45) is 0 Å². The first-order valence-corrected chi connectivity index (χ1v) is 6.11. The van der Waals surface area contributed by atoms with Gasteiger partial charge in [0.1, 0.15) is 5.75 Å². The average molecular weight is 229 g/mol. The molecule has 0 bridgehead atoms. The Morgan fingerprint density at radius 3 is 2.25 bits per heavy atom. The minimum absolute atomic E-state index is 0. The number of rotatable bonds is 7. The number of phenols is 1. The molecule has 2 heteroatoms. The molecule has 1 aromatic rings. The molecule has 0 aliphatic heterocycles. The Bertz CT molecular complexity index is 273. The zero-order chi connectivity index (χ0) is 10.9. The van der Waals surface area contributed by atoms with Gasteiger partial charge in [-0.25, -0.2) is 0 Å². The SMILES string of the molecule is CCCCCCCCc1ccccc1O.[Na]. The Labute approximate surface area is 122 Å². The van der Waals surface area contributed by atoms with E-state index in [0.29, 0.717) is 5.75 Å². The zero-order valence-electron chi connectivity index (χ0n) is 10.7. The van der Waals surface area contributed by atoms with Crippen molar-refractivity contribution >= 4 is 29.6 Å². The number of phenolic OH excluding ortho intramolecular Hbond substituents is 1. The molecule has 0 aliphatic rings. The minimum Gasteiger partial charge on any atom is -0.508 e. The molecule has 0 aromatic heterocycles. The van der Waals surface area contributed by atoms with Gasteiger partial charge < -0.3 is 5.11 Å². The molecule has 0 saturated heterocycles. The Morgan fingerprint density at radius 2 is 1.56 bits per heavy atom. The maximum Gasteiger partial charge on any atom is 0.118 e. The van der Waals surface area contributed by atoms with E-state index in [1.54, 1.807) is 6.07 Å². The molecule has 1 N–H and O–H groups in total. The van der Waals surface area contributed by atoms with E-state index >= 15 is 0 Å². The van der Waals surface area contributed by atoms with Crippen molar-refractivity contribution < 1.29 is 5.11 Å². The van der Waals surface area contributed by atoms with Crippen molar-refractivity contribution in [1.29, 1.82) is 0 Å². The first-order valence-electron chi connectivity index (χ1n) is 6.11. The van der Waals surface area contributed by atoms with Crippen LogP contribution in [0.3, 0.4) is 0 Å². The molecule has 0 unspecified atom stereocenters. The van der Waals surface area contributed by atoms with Crippen molar-refractivity contribution in [3.8, 4) is 5.75 Å². The fourth-order valence-electron chi connectivity index (χ4n) is 1.82. The number of benzene rings is 1. The van der Waals surface area contributed by atoms with Crippen LogP contribution >= 0.6 is 0 Å². The van der Waals surface area contributed by atoms with E-state index in [2.05, 4.69) is 6.92 Å². The van der Waals surface area contributed by atoms with Crippen LogP contribution in [-0.2, 0) is 6.42 Å². The molecule has 0 heterocycles. The predicted octanol–water partition coefficient (Wildman–Crippen LogP) is 3.91. The quantitative estimate of drug-likeness (QED) is 0.555. The summed E-state index contributed by atoms with van der Waals surface area (Å²) >= 11 is 0. The summed E-state index contributed by atoms with van der Waals surface area (Å²) in [5.41, 5.74) is 1.09. The number of hydrogen-bond acceptors (Lipinski definition) is 1. The van der Waals surface area contributed by atoms with Gasteiger partial charge in [-0.3, -0.25) is 0 Å². The molecule has 1 rings (SSSR count). The molecule has 85 valence electrons. The molecule has 0 amide bonds. The average Bonchev–Trinajstić information content (AvgIpc) is 2.25. The Kier molecular flexibility index (Phi) is 10.2. The van der Waals surface area contributed by atoms with Gasteiger partial charge in [0, 0.05) is 29.6 Å². The van der Waals surface area contributed by atoms with Gasteiger partial charge in [-0.15, -0.1) is 0 Å². The van der Waals surface area contributed by atoms with E-state index in [4.69, 9.17) is 0 Å². The molecule has 1 radical (unpaired) electrons. The van der Waals surface area contributed by atoms with E-state index < -0.39 is 0 Å². The normalized spacial score (nSPS) is 9.81. The molecule has 0 atom stereocenters. The van der Waals surface area contributed by atoms with Crippen LogP contribution in [0.1, 0.15) is 51.0 Å². The van der Waals surface area contributed by atoms with Crippen LogP contribution in [0.5, 0.6) is 5.75 Å². The van der Waals surface area contributed by atoms with Crippen LogP contribution in [0.25, 0.3) is 0 Å². The summed E-state index contributed by atoms with van der Waals surface area (Å²) < 4.78 is 0. The minimum atomic E-state index is 0. The molecular formula is C14H22NaO. The molecule has 1 nitrogen and oxygen atoms in total. The summed E-state index contributed by atoms with van der Waals surface area (Å²) in [6, 6.07) is 7.65. The number of aryl methyl sites for hydroxylation is 1. The van der Waals surface area contributed by atoms with Crippen LogP contribution in [0.2, 0.25) is 0 Å². The summed E-state index contributed by atoms with van der Waals surface area (Å²) in [5.74, 6) is 0.450. The van der Waals surface area contributed by atoms with Gasteiger partial charge >= 0.3 is 0 Å². The van der Waals surface area contributed by atoms with Crippen molar-refractivity contribution in [1.82, 2.24) is 0 Å². The molecule has 16 heavy (non-hydrogen) atoms. The smallest absolute Gasteiger partial charge is 0.118 e. The Hall–Kier alpha value is 0.0200. The summed E-state index contributed by atoms with van der Waals surface area (Å²) in [7, 11) is 0. The molecule has 0 aliphatic carbocycles. The van der Waals surface area contributed by atoms with E-state index in [0.717, 1.165) is 12.0 Å². The standard InChI is InChI=1S/C14H22O.Na/c1-2-3-4-5-6-7-10-13-11-8-9-12-14(13)15;/h8-9,11-12,15H,2-7,10H2,1H3;. The fourth-order valence-corrected chi connectivity index (χ4v) is 1.82. The Morgan fingerprint density at radius 1 is 0.938 bits per heavy atom. The third-order valence-corrected chi connectivity index (χ3v) is 2.79. The maximum atomic E-state index is 9.55. The topological polar surface area (TPSA) is 20.2 Å². The van der Waals surface area contributed by atoms with Gasteiger partial charge in [-0.1, -0.05) is 57.2 Å². The van der Waals surface area contributed by atoms with E-state index in [9.17, 15) is 5.11 Å². The molecule has 1 aromatic carbocycles. The molecule has 0 saturated carbocycles. The molecular weight excluding hydrogens is 207 g/mol. The van der Waals surface area contributed by atoms with Gasteiger partial charge in [-0.05, 0) is 24.5 Å². The second-order valence-electron chi connectivity index (χ2n) is 4.15. The molecule has 0 fully saturated rings. The molecule has 0 spiro atoms. The van der Waals surface area contributed by atoms with E-state index in [-0.39, 0.29) is 29.6 Å². The summed E-state index contributed by atoms with van der Waals surface area (Å²) in [6.45, 7) is 2.24. The summed E-state index contributed by atoms with van der Waals surface area (Å²) in [4.78, 5) is 0. The fraction of sp³-hybridized carbons (Fsp3) is 0.571. The van der Waals surface area contributed by atoms with Crippen molar-refractivity contribution in [2.75, 3.05) is 0 Å². The monoisotopic (exact) mass is 229 g/mol. The van der Waals surface area contributed by atoms with Gasteiger partial charge in [-0.2, -0.15) is 0 Å². The van der Waals surface area contributed by atoms with Crippen molar-refractivity contribution in [3.63, 3.8) is 0 Å². The maximum absolute atomic E-state index is 9.55. The number of unbranched alkanes of at least 4 members (excludes halogenated alkanes) is 5. The number of hydrogen-bond donors (Lipinski definition) is 1. The first-order chi connectivity index (χ1) is 7.34. The van der Waals surface area contributed by atoms with E-state index in [1.165, 1.54) is 38.5 Å². The van der Waals surface area contributed by atoms with E-state index in [1.807, 2.05) is 18.2 Å². The second-order valence-corrected chi connectivity index (χ2v) is 4.15. The summed E-state index contributed by atoms with van der Waals surface area (Å²) in [6.07, 6.45) is 8.85. The largest absolute Gasteiger partial charge is 0.508 e. The van der Waals surface area contributed by atoms with Crippen LogP contribution in [-0.4, -0.2) is 34.7 Å². The third-order valence-electron chi connectivity index (χ3n) is 2.79. The van der Waals surface area contributed by atoms with Crippen LogP contribution in [0.15, 0.2) is 24.3 Å². The zero-order valence-corrected chi connectivity index (χ0v) is 12.7. The Balaban J connectivity index is 0.00000225. The second kappa shape index (κ2) is 10.2. The van der Waals surface area contributed by atoms with Crippen LogP contribution in [0.4, 0.5) is 0 Å². The predicted molar refractivity (Wildman–Crippen MR) is 70.9 cm³/mol. The summed E-state index contributed by atoms with van der Waals surface area (Å²) in [5, 5.41) is 9.55. The number of para-hydroxylation sites is 1.